The van der Waals surface area contributed by atoms with Crippen LogP contribution in [0.25, 0.3) is 0 Å². The number of aryl methyl sites for hydroxylation is 2. The summed E-state index contributed by atoms with van der Waals surface area (Å²) in [6, 6.07) is 8.59. The Morgan fingerprint density at radius 2 is 2.03 bits per heavy atom. The molecule has 0 spiro atoms. The Hall–Kier alpha value is -3.81. The number of hydrogen-bond acceptors (Lipinski definition) is 6. The maximum atomic E-state index is 13.4. The predicted molar refractivity (Wildman–Crippen MR) is 119 cm³/mol. The molecule has 0 bridgehead atoms. The molecule has 1 atom stereocenters. The average Bonchev–Trinajstić information content (AvgIpc) is 3.07. The lowest BCUT2D eigenvalue weighted by Gasteiger charge is -2.32. The summed E-state index contributed by atoms with van der Waals surface area (Å²) in [5, 5.41) is 9.83. The van der Waals surface area contributed by atoms with Crippen LogP contribution in [0.15, 0.2) is 41.7 Å². The van der Waals surface area contributed by atoms with Crippen molar-refractivity contribution in [3.05, 3.63) is 64.7 Å². The first-order valence-corrected chi connectivity index (χ1v) is 10.4. The molecule has 2 aromatic carbocycles. The van der Waals surface area contributed by atoms with Gasteiger partial charge in [-0.25, -0.2) is 4.98 Å². The Kier molecular flexibility index (Phi) is 4.84. The third-order valence-corrected chi connectivity index (χ3v) is 5.94. The molecule has 1 N–H and O–H groups in total. The minimum atomic E-state index is -0.136. The van der Waals surface area contributed by atoms with Crippen LogP contribution in [0.4, 0.5) is 5.69 Å². The van der Waals surface area contributed by atoms with Gasteiger partial charge < -0.3 is 24.0 Å². The molecule has 2 aliphatic heterocycles. The van der Waals surface area contributed by atoms with Gasteiger partial charge in [-0.2, -0.15) is 0 Å². The molecule has 0 radical (unpaired) electrons. The lowest BCUT2D eigenvalue weighted by Crippen LogP contribution is -2.44. The monoisotopic (exact) mass is 432 g/mol. The molecule has 164 valence electrons. The van der Waals surface area contributed by atoms with E-state index in [-0.39, 0.29) is 24.3 Å². The molecule has 3 aromatic rings. The summed E-state index contributed by atoms with van der Waals surface area (Å²) >= 11 is 0. The molecule has 2 aliphatic rings. The molecule has 1 amide bonds. The average molecular weight is 432 g/mol. The quantitative estimate of drug-likeness (QED) is 0.683. The third-order valence-electron chi connectivity index (χ3n) is 5.94. The number of methoxy groups -OCH3 is 1. The highest BCUT2D eigenvalue weighted by Gasteiger charge is 2.35. The number of imidazole rings is 1. The minimum absolute atomic E-state index is 0.104. The second kappa shape index (κ2) is 7.71. The molecule has 0 fully saturated rings. The normalized spacial score (nSPS) is 16.8. The van der Waals surface area contributed by atoms with Gasteiger partial charge in [0.1, 0.15) is 12.4 Å². The molecular formula is C24H24N4O4. The second-order valence-electron chi connectivity index (χ2n) is 8.22. The number of fused-ring (bicyclic) bond motifs is 3. The Labute approximate surface area is 185 Å². The number of aromatic nitrogens is 2. The number of nitrogens with zero attached hydrogens (tertiary/aromatic N) is 4. The zero-order valence-corrected chi connectivity index (χ0v) is 18.2. The number of phenolic OH excluding ortho intramolecular Hbond substituents is 1. The zero-order chi connectivity index (χ0) is 22.4. The third kappa shape index (κ3) is 3.47. The molecule has 0 aliphatic carbocycles. The van der Waals surface area contributed by atoms with Crippen molar-refractivity contribution < 1.29 is 19.4 Å². The van der Waals surface area contributed by atoms with Crippen molar-refractivity contribution in [1.82, 2.24) is 14.5 Å². The number of ether oxygens (including phenoxy) is 2. The number of carbonyl (C=O) groups excluding carboxylic acids is 1. The van der Waals surface area contributed by atoms with Crippen LogP contribution in [0.5, 0.6) is 17.2 Å². The van der Waals surface area contributed by atoms with E-state index in [1.807, 2.05) is 30.8 Å². The molecule has 8 nitrogen and oxygen atoms in total. The lowest BCUT2D eigenvalue weighted by atomic mass is 10.0. The number of rotatable bonds is 4. The SMILES string of the molecule is COc1cc2c(cc1OCc1cc(C)cc(O)c1)N=CC1Cc3c(ncn3C)CN1C2=O. The van der Waals surface area contributed by atoms with Crippen molar-refractivity contribution in [3.8, 4) is 17.2 Å². The van der Waals surface area contributed by atoms with Gasteiger partial charge in [-0.05, 0) is 36.2 Å². The van der Waals surface area contributed by atoms with Crippen LogP contribution in [0, 0.1) is 6.92 Å². The first-order chi connectivity index (χ1) is 15.4. The van der Waals surface area contributed by atoms with Gasteiger partial charge in [-0.3, -0.25) is 9.79 Å². The smallest absolute Gasteiger partial charge is 0.257 e. The van der Waals surface area contributed by atoms with Crippen molar-refractivity contribution in [3.63, 3.8) is 0 Å². The van der Waals surface area contributed by atoms with Crippen LogP contribution in [0.2, 0.25) is 0 Å². The van der Waals surface area contributed by atoms with Crippen LogP contribution in [-0.2, 0) is 26.6 Å². The second-order valence-corrected chi connectivity index (χ2v) is 8.22. The molecule has 1 aromatic heterocycles. The summed E-state index contributed by atoms with van der Waals surface area (Å²) in [7, 11) is 3.51. The maximum absolute atomic E-state index is 13.4. The van der Waals surface area contributed by atoms with E-state index < -0.39 is 0 Å². The number of carbonyl (C=O) groups is 1. The van der Waals surface area contributed by atoms with E-state index >= 15 is 0 Å². The summed E-state index contributed by atoms with van der Waals surface area (Å²) in [6.45, 7) is 2.61. The summed E-state index contributed by atoms with van der Waals surface area (Å²) in [4.78, 5) is 24.3. The van der Waals surface area contributed by atoms with E-state index in [0.29, 0.717) is 35.7 Å². The van der Waals surface area contributed by atoms with Gasteiger partial charge in [0.15, 0.2) is 11.5 Å². The highest BCUT2D eigenvalue weighted by Crippen LogP contribution is 2.38. The summed E-state index contributed by atoms with van der Waals surface area (Å²) in [6.07, 6.45) is 4.29. The number of aromatic hydroxyl groups is 1. The molecule has 0 saturated carbocycles. The van der Waals surface area contributed by atoms with Gasteiger partial charge in [0.05, 0.1) is 43.0 Å². The van der Waals surface area contributed by atoms with Crippen LogP contribution in [0.1, 0.15) is 32.9 Å². The summed E-state index contributed by atoms with van der Waals surface area (Å²) < 4.78 is 13.5. The van der Waals surface area contributed by atoms with Crippen molar-refractivity contribution in [1.29, 1.82) is 0 Å². The maximum Gasteiger partial charge on any atom is 0.257 e. The molecule has 0 saturated heterocycles. The van der Waals surface area contributed by atoms with Gasteiger partial charge in [-0.15, -0.1) is 0 Å². The van der Waals surface area contributed by atoms with Gasteiger partial charge in [0, 0.05) is 31.4 Å². The van der Waals surface area contributed by atoms with E-state index in [2.05, 4.69) is 9.98 Å². The summed E-state index contributed by atoms with van der Waals surface area (Å²) in [5.74, 6) is 1.03. The number of amides is 1. The van der Waals surface area contributed by atoms with Gasteiger partial charge >= 0.3 is 0 Å². The van der Waals surface area contributed by atoms with Crippen molar-refractivity contribution in [2.45, 2.75) is 32.5 Å². The Balaban J connectivity index is 1.46. The predicted octanol–water partition coefficient (Wildman–Crippen LogP) is 3.30. The highest BCUT2D eigenvalue weighted by molar-refractivity contribution is 6.03. The molecule has 3 heterocycles. The Bertz CT molecular complexity index is 1230. The van der Waals surface area contributed by atoms with Gasteiger partial charge in [-0.1, -0.05) is 6.07 Å². The fourth-order valence-corrected chi connectivity index (χ4v) is 4.35. The molecule has 32 heavy (non-hydrogen) atoms. The largest absolute Gasteiger partial charge is 0.508 e. The number of hydrogen-bond donors (Lipinski definition) is 1. The van der Waals surface area contributed by atoms with Crippen LogP contribution in [0.3, 0.4) is 0 Å². The summed E-state index contributed by atoms with van der Waals surface area (Å²) in [5.41, 5.74) is 4.84. The number of benzene rings is 2. The Morgan fingerprint density at radius 3 is 2.81 bits per heavy atom. The van der Waals surface area contributed by atoms with Crippen LogP contribution >= 0.6 is 0 Å². The first kappa shape index (κ1) is 20.1. The van der Waals surface area contributed by atoms with E-state index in [9.17, 15) is 9.90 Å². The standard InChI is InChI=1S/C24H24N4O4/c1-14-4-15(6-17(29)5-14)12-32-23-9-19-18(8-22(23)31-3)24(30)28-11-20-21(27(2)13-26-20)7-16(28)10-25-19/h4-6,8-10,13,16,29H,7,11-12H2,1-3H3. The van der Waals surface area contributed by atoms with Crippen LogP contribution < -0.4 is 9.47 Å². The number of aliphatic imine (C=N–C) groups is 1. The van der Waals surface area contributed by atoms with E-state index in [0.717, 1.165) is 22.5 Å². The molecule has 5 rings (SSSR count). The van der Waals surface area contributed by atoms with E-state index in [1.165, 1.54) is 0 Å². The van der Waals surface area contributed by atoms with Crippen molar-refractivity contribution in [2.75, 3.05) is 7.11 Å². The molecular weight excluding hydrogens is 408 g/mol. The van der Waals surface area contributed by atoms with Crippen LogP contribution in [-0.4, -0.2) is 44.8 Å². The Morgan fingerprint density at radius 1 is 1.19 bits per heavy atom. The minimum Gasteiger partial charge on any atom is -0.508 e. The first-order valence-electron chi connectivity index (χ1n) is 10.4. The highest BCUT2D eigenvalue weighted by atomic mass is 16.5. The van der Waals surface area contributed by atoms with E-state index in [1.54, 1.807) is 42.6 Å². The molecule has 1 unspecified atom stereocenters. The van der Waals surface area contributed by atoms with Gasteiger partial charge in [0.2, 0.25) is 0 Å². The lowest BCUT2D eigenvalue weighted by molar-refractivity contribution is 0.0699. The zero-order valence-electron chi connectivity index (χ0n) is 18.2. The fraction of sp³-hybridized carbons (Fsp3) is 0.292. The topological polar surface area (TPSA) is 89.2 Å². The van der Waals surface area contributed by atoms with E-state index in [4.69, 9.17) is 9.47 Å². The van der Waals surface area contributed by atoms with Crippen molar-refractivity contribution in [2.24, 2.45) is 12.0 Å². The van der Waals surface area contributed by atoms with Gasteiger partial charge in [0.25, 0.3) is 5.91 Å². The number of phenols is 1. The fourth-order valence-electron chi connectivity index (χ4n) is 4.35. The molecule has 8 heteroatoms. The van der Waals surface area contributed by atoms with Crippen molar-refractivity contribution >= 4 is 17.8 Å².